The molecule has 1 aromatic carbocycles. The van der Waals surface area contributed by atoms with Crippen molar-refractivity contribution in [3.05, 3.63) is 28.8 Å². The Morgan fingerprint density at radius 3 is 2.11 bits per heavy atom. The maximum atomic E-state index is 6.73. The van der Waals surface area contributed by atoms with Crippen molar-refractivity contribution >= 4 is 11.6 Å². The van der Waals surface area contributed by atoms with Gasteiger partial charge in [-0.1, -0.05) is 31.9 Å². The molecule has 0 aliphatic heterocycles. The smallest absolute Gasteiger partial charge is 0.124 e. The first-order valence-electron chi connectivity index (χ1n) is 7.32. The van der Waals surface area contributed by atoms with Gasteiger partial charge in [0.2, 0.25) is 0 Å². The number of alkyl halides is 1. The lowest BCUT2D eigenvalue weighted by Crippen LogP contribution is -2.16. The molecule has 0 spiro atoms. The second-order valence-corrected chi connectivity index (χ2v) is 6.58. The van der Waals surface area contributed by atoms with Crippen molar-refractivity contribution in [2.45, 2.75) is 51.8 Å². The van der Waals surface area contributed by atoms with Gasteiger partial charge < -0.3 is 4.74 Å². The fourth-order valence-electron chi connectivity index (χ4n) is 3.32. The Bertz CT molecular complexity index is 410. The largest absolute Gasteiger partial charge is 0.496 e. The maximum absolute atomic E-state index is 6.73. The van der Waals surface area contributed by atoms with E-state index in [1.165, 1.54) is 42.4 Å². The monoisotopic (exact) mass is 280 g/mol. The molecule has 0 N–H and O–H groups in total. The lowest BCUT2D eigenvalue weighted by atomic mass is 9.79. The zero-order chi connectivity index (χ0) is 14.0. The molecule has 1 fully saturated rings. The lowest BCUT2D eigenvalue weighted by molar-refractivity contribution is 0.283. The van der Waals surface area contributed by atoms with Crippen LogP contribution in [0.25, 0.3) is 0 Å². The van der Waals surface area contributed by atoms with E-state index in [0.717, 1.165) is 11.7 Å². The minimum atomic E-state index is 0.149. The summed E-state index contributed by atoms with van der Waals surface area (Å²) in [7, 11) is 1.73. The quantitative estimate of drug-likeness (QED) is 0.672. The second-order valence-electron chi connectivity index (χ2n) is 6.11. The van der Waals surface area contributed by atoms with Crippen molar-refractivity contribution in [1.82, 2.24) is 0 Å². The minimum absolute atomic E-state index is 0.149. The van der Waals surface area contributed by atoms with E-state index in [2.05, 4.69) is 32.9 Å². The van der Waals surface area contributed by atoms with Gasteiger partial charge in [-0.3, -0.25) is 0 Å². The van der Waals surface area contributed by atoms with Crippen LogP contribution in [0.5, 0.6) is 5.75 Å². The average molecular weight is 281 g/mol. The Balaban J connectivity index is 2.17. The van der Waals surface area contributed by atoms with Gasteiger partial charge in [0, 0.05) is 0 Å². The highest BCUT2D eigenvalue weighted by Crippen LogP contribution is 2.41. The number of methoxy groups -OCH3 is 1. The summed E-state index contributed by atoms with van der Waals surface area (Å²) < 4.78 is 5.43. The highest BCUT2D eigenvalue weighted by molar-refractivity contribution is 6.21. The van der Waals surface area contributed by atoms with E-state index >= 15 is 0 Å². The summed E-state index contributed by atoms with van der Waals surface area (Å²) in [5.41, 5.74) is 3.64. The van der Waals surface area contributed by atoms with E-state index in [-0.39, 0.29) is 5.38 Å². The van der Waals surface area contributed by atoms with E-state index < -0.39 is 0 Å². The van der Waals surface area contributed by atoms with Crippen molar-refractivity contribution in [3.63, 3.8) is 0 Å². The van der Waals surface area contributed by atoms with Crippen LogP contribution in [-0.4, -0.2) is 7.11 Å². The fraction of sp³-hybridized carbons (Fsp3) is 0.647. The summed E-state index contributed by atoms with van der Waals surface area (Å²) in [6.45, 7) is 6.55. The van der Waals surface area contributed by atoms with Gasteiger partial charge in [0.15, 0.2) is 0 Å². The van der Waals surface area contributed by atoms with Crippen LogP contribution in [-0.2, 0) is 0 Å². The first-order chi connectivity index (χ1) is 9.02. The van der Waals surface area contributed by atoms with Crippen molar-refractivity contribution in [3.8, 4) is 5.75 Å². The number of hydrogen-bond donors (Lipinski definition) is 0. The normalized spacial score (nSPS) is 25.1. The highest BCUT2D eigenvalue weighted by Gasteiger charge is 2.26. The standard InChI is InChI=1S/C17H25ClO/c1-11-5-7-14(8-6-11)16(18)15-9-12(2)17(19-4)13(3)10-15/h9-11,14,16H,5-8H2,1-4H3. The summed E-state index contributed by atoms with van der Waals surface area (Å²) >= 11 is 6.73. The Morgan fingerprint density at radius 2 is 1.63 bits per heavy atom. The predicted octanol–water partition coefficient (Wildman–Crippen LogP) is 5.42. The van der Waals surface area contributed by atoms with E-state index in [1.54, 1.807) is 7.11 Å². The average Bonchev–Trinajstić information content (AvgIpc) is 2.38. The Morgan fingerprint density at radius 1 is 1.11 bits per heavy atom. The van der Waals surface area contributed by atoms with Crippen molar-refractivity contribution in [1.29, 1.82) is 0 Å². The van der Waals surface area contributed by atoms with Crippen LogP contribution in [0, 0.1) is 25.7 Å². The Labute approximate surface area is 122 Å². The molecular weight excluding hydrogens is 256 g/mol. The van der Waals surface area contributed by atoms with Gasteiger partial charge in [0.1, 0.15) is 5.75 Å². The zero-order valence-electron chi connectivity index (χ0n) is 12.5. The van der Waals surface area contributed by atoms with Crippen LogP contribution < -0.4 is 4.74 Å². The first kappa shape index (κ1) is 14.7. The van der Waals surface area contributed by atoms with Crippen molar-refractivity contribution in [2.75, 3.05) is 7.11 Å². The summed E-state index contributed by atoms with van der Waals surface area (Å²) in [5, 5.41) is 0.149. The van der Waals surface area contributed by atoms with Crippen LogP contribution in [0.3, 0.4) is 0 Å². The van der Waals surface area contributed by atoms with Crippen LogP contribution in [0.2, 0.25) is 0 Å². The third-order valence-corrected chi connectivity index (χ3v) is 5.09. The maximum Gasteiger partial charge on any atom is 0.124 e. The van der Waals surface area contributed by atoms with Gasteiger partial charge in [-0.2, -0.15) is 0 Å². The molecule has 1 aliphatic rings. The molecule has 2 heteroatoms. The number of hydrogen-bond acceptors (Lipinski definition) is 1. The second kappa shape index (κ2) is 6.17. The number of benzene rings is 1. The molecule has 1 unspecified atom stereocenters. The summed E-state index contributed by atoms with van der Waals surface area (Å²) in [6.07, 6.45) is 5.17. The molecule has 0 amide bonds. The third-order valence-electron chi connectivity index (χ3n) is 4.48. The van der Waals surface area contributed by atoms with Gasteiger partial charge in [-0.05, 0) is 55.2 Å². The van der Waals surface area contributed by atoms with E-state index in [9.17, 15) is 0 Å². The molecule has 106 valence electrons. The van der Waals surface area contributed by atoms with E-state index in [4.69, 9.17) is 16.3 Å². The minimum Gasteiger partial charge on any atom is -0.496 e. The molecular formula is C17H25ClO. The van der Waals surface area contributed by atoms with Crippen molar-refractivity contribution in [2.24, 2.45) is 11.8 Å². The number of halogens is 1. The SMILES string of the molecule is COc1c(C)cc(C(Cl)C2CCC(C)CC2)cc1C. The topological polar surface area (TPSA) is 9.23 Å². The molecule has 1 nitrogen and oxygen atoms in total. The molecule has 1 aromatic rings. The first-order valence-corrected chi connectivity index (χ1v) is 7.75. The van der Waals surface area contributed by atoms with E-state index in [0.29, 0.717) is 5.92 Å². The Hall–Kier alpha value is -0.690. The van der Waals surface area contributed by atoms with Crippen molar-refractivity contribution < 1.29 is 4.74 Å². The summed E-state index contributed by atoms with van der Waals surface area (Å²) in [4.78, 5) is 0. The van der Waals surface area contributed by atoms with Crippen LogP contribution in [0.15, 0.2) is 12.1 Å². The van der Waals surface area contributed by atoms with Crippen LogP contribution >= 0.6 is 11.6 Å². The number of rotatable bonds is 3. The van der Waals surface area contributed by atoms with Gasteiger partial charge in [-0.25, -0.2) is 0 Å². The van der Waals surface area contributed by atoms with Gasteiger partial charge in [0.25, 0.3) is 0 Å². The molecule has 1 aliphatic carbocycles. The molecule has 0 bridgehead atoms. The summed E-state index contributed by atoms with van der Waals surface area (Å²) in [5.74, 6) is 2.49. The molecule has 1 saturated carbocycles. The lowest BCUT2D eigenvalue weighted by Gasteiger charge is -2.30. The van der Waals surface area contributed by atoms with Gasteiger partial charge in [-0.15, -0.1) is 11.6 Å². The molecule has 0 heterocycles. The third kappa shape index (κ3) is 3.25. The molecule has 2 rings (SSSR count). The zero-order valence-corrected chi connectivity index (χ0v) is 13.3. The summed E-state index contributed by atoms with van der Waals surface area (Å²) in [6, 6.07) is 4.39. The highest BCUT2D eigenvalue weighted by atomic mass is 35.5. The van der Waals surface area contributed by atoms with Crippen LogP contribution in [0.1, 0.15) is 54.7 Å². The number of ether oxygens (including phenoxy) is 1. The molecule has 0 radical (unpaired) electrons. The fourth-order valence-corrected chi connectivity index (χ4v) is 3.69. The van der Waals surface area contributed by atoms with E-state index in [1.807, 2.05) is 0 Å². The molecule has 19 heavy (non-hydrogen) atoms. The predicted molar refractivity (Wildman–Crippen MR) is 82.2 cm³/mol. The van der Waals surface area contributed by atoms with Gasteiger partial charge in [0.05, 0.1) is 12.5 Å². The van der Waals surface area contributed by atoms with Crippen LogP contribution in [0.4, 0.5) is 0 Å². The Kier molecular flexibility index (Phi) is 4.78. The molecule has 1 atom stereocenters. The molecule has 0 saturated heterocycles. The van der Waals surface area contributed by atoms with Gasteiger partial charge >= 0.3 is 0 Å². The number of aryl methyl sites for hydroxylation is 2. The molecule has 0 aromatic heterocycles.